The van der Waals surface area contributed by atoms with Crippen molar-refractivity contribution in [1.29, 1.82) is 0 Å². The zero-order chi connectivity index (χ0) is 30.4. The maximum atomic E-state index is 4.84. The Kier molecular flexibility index (Phi) is 8.88. The van der Waals surface area contributed by atoms with E-state index in [0.29, 0.717) is 0 Å². The minimum Gasteiger partial charge on any atom is -0.305 e. The summed E-state index contributed by atoms with van der Waals surface area (Å²) >= 11 is 3.69. The number of hydrogen-bond acceptors (Lipinski definition) is 4. The molecule has 0 aliphatic carbocycles. The third-order valence-corrected chi connectivity index (χ3v) is 12.3. The van der Waals surface area contributed by atoms with Crippen LogP contribution in [0.25, 0.3) is 62.9 Å². The molecule has 0 N–H and O–H groups in total. The quantitative estimate of drug-likeness (QED) is 0.131. The number of rotatable bonds is 3. The van der Waals surface area contributed by atoms with E-state index in [4.69, 9.17) is 4.98 Å². The summed E-state index contributed by atoms with van der Waals surface area (Å²) in [4.78, 5) is 9.36. The van der Waals surface area contributed by atoms with Crippen molar-refractivity contribution in [2.45, 2.75) is 33.5 Å². The van der Waals surface area contributed by atoms with E-state index >= 15 is 0 Å². The van der Waals surface area contributed by atoms with Crippen LogP contribution >= 0.6 is 22.7 Å². The summed E-state index contributed by atoms with van der Waals surface area (Å²) in [5, 5.41) is 6.54. The molecule has 0 saturated heterocycles. The third-order valence-electron chi connectivity index (χ3n) is 7.97. The van der Waals surface area contributed by atoms with Crippen molar-refractivity contribution in [3.8, 4) is 22.5 Å². The molecule has 6 heteroatoms. The first kappa shape index (κ1) is 31.5. The van der Waals surface area contributed by atoms with Gasteiger partial charge < -0.3 is 9.97 Å². The van der Waals surface area contributed by atoms with Gasteiger partial charge in [0.15, 0.2) is 0 Å². The summed E-state index contributed by atoms with van der Waals surface area (Å²) < 4.78 is 5.21. The fraction of sp³-hybridized carbons (Fsp3) is 0.128. The zero-order valence-electron chi connectivity index (χ0n) is 25.9. The molecule has 0 saturated carbocycles. The van der Waals surface area contributed by atoms with E-state index in [-0.39, 0.29) is 20.1 Å². The van der Waals surface area contributed by atoms with Crippen LogP contribution in [-0.4, -0.2) is 18.0 Å². The summed E-state index contributed by atoms with van der Waals surface area (Å²) in [6, 6.07) is 38.7. The molecule has 0 aliphatic rings. The molecule has 0 unspecified atom stereocenters. The largest absolute Gasteiger partial charge is 0.305 e. The van der Waals surface area contributed by atoms with Crippen LogP contribution in [0.4, 0.5) is 0 Å². The first-order valence-corrected chi connectivity index (χ1v) is 19.9. The number of fused-ring (bicyclic) bond motifs is 6. The van der Waals surface area contributed by atoms with Crippen molar-refractivity contribution in [3.05, 3.63) is 127 Å². The van der Waals surface area contributed by atoms with Gasteiger partial charge in [0, 0.05) is 57.4 Å². The fourth-order valence-electron chi connectivity index (χ4n) is 5.50. The summed E-state index contributed by atoms with van der Waals surface area (Å²) in [7, 11) is -1.23. The summed E-state index contributed by atoms with van der Waals surface area (Å²) in [5.41, 5.74) is 6.76. The topological polar surface area (TPSA) is 25.8 Å². The molecule has 8 rings (SSSR count). The van der Waals surface area contributed by atoms with Gasteiger partial charge in [-0.15, -0.1) is 71.0 Å². The SMILES string of the molecule is C[Si](C)(C)c1ccc(-c2[c-]cccc2)nc1.Cc1ccc2c(c1)sc1cc(-c3[c-]ccc4c3sc3cc(C)ccc34)ncc12.[Ir]. The van der Waals surface area contributed by atoms with Crippen LogP contribution < -0.4 is 5.19 Å². The molecular weight excluding hydrogens is 781 g/mol. The molecule has 0 bridgehead atoms. The van der Waals surface area contributed by atoms with Crippen molar-refractivity contribution in [2.24, 2.45) is 0 Å². The Balaban J connectivity index is 0.000000181. The van der Waals surface area contributed by atoms with Gasteiger partial charge in [-0.25, -0.2) is 0 Å². The predicted molar refractivity (Wildman–Crippen MR) is 195 cm³/mol. The zero-order valence-corrected chi connectivity index (χ0v) is 30.9. The van der Waals surface area contributed by atoms with Crippen LogP contribution in [0, 0.1) is 26.0 Å². The normalized spacial score (nSPS) is 11.5. The predicted octanol–water partition coefficient (Wildman–Crippen LogP) is 11.0. The van der Waals surface area contributed by atoms with Crippen molar-refractivity contribution in [1.82, 2.24) is 9.97 Å². The number of pyridine rings is 2. The number of aromatic nitrogens is 2. The van der Waals surface area contributed by atoms with E-state index in [1.807, 2.05) is 65.4 Å². The summed E-state index contributed by atoms with van der Waals surface area (Å²) in [6.07, 6.45) is 4.05. The van der Waals surface area contributed by atoms with Gasteiger partial charge >= 0.3 is 0 Å². The van der Waals surface area contributed by atoms with E-state index in [1.165, 1.54) is 56.7 Å². The Morgan fingerprint density at radius 2 is 1.29 bits per heavy atom. The molecule has 0 spiro atoms. The van der Waals surface area contributed by atoms with Gasteiger partial charge in [0.1, 0.15) is 0 Å². The Morgan fingerprint density at radius 1 is 0.600 bits per heavy atom. The number of hydrogen-bond donors (Lipinski definition) is 0. The monoisotopic (exact) mass is 813 g/mol. The van der Waals surface area contributed by atoms with Crippen LogP contribution in [-0.2, 0) is 20.1 Å². The number of thiophene rings is 2. The first-order valence-electron chi connectivity index (χ1n) is 14.8. The molecule has 225 valence electrons. The molecule has 0 aliphatic heterocycles. The van der Waals surface area contributed by atoms with Crippen LogP contribution in [0.2, 0.25) is 19.6 Å². The molecule has 0 atom stereocenters. The van der Waals surface area contributed by atoms with Gasteiger partial charge in [-0.3, -0.25) is 0 Å². The van der Waals surface area contributed by atoms with Crippen molar-refractivity contribution < 1.29 is 20.1 Å². The molecule has 4 aromatic heterocycles. The van der Waals surface area contributed by atoms with Gasteiger partial charge in [-0.1, -0.05) is 67.5 Å². The van der Waals surface area contributed by atoms with Crippen LogP contribution in [0.5, 0.6) is 0 Å². The van der Waals surface area contributed by atoms with Crippen LogP contribution in [0.3, 0.4) is 0 Å². The van der Waals surface area contributed by atoms with E-state index in [2.05, 4.69) is 111 Å². The third kappa shape index (κ3) is 6.31. The molecule has 1 radical (unpaired) electrons. The maximum Gasteiger partial charge on any atom is 0.0795 e. The van der Waals surface area contributed by atoms with E-state index in [0.717, 1.165) is 22.5 Å². The van der Waals surface area contributed by atoms with Gasteiger partial charge in [-0.05, 0) is 63.8 Å². The molecule has 8 aromatic rings. The number of benzene rings is 4. The molecule has 0 amide bonds. The van der Waals surface area contributed by atoms with E-state index < -0.39 is 8.07 Å². The average Bonchev–Trinajstić information content (AvgIpc) is 3.58. The van der Waals surface area contributed by atoms with Crippen molar-refractivity contribution >= 4 is 76.3 Å². The Hall–Kier alpha value is -3.51. The van der Waals surface area contributed by atoms with Gasteiger partial charge in [0.25, 0.3) is 0 Å². The second-order valence-electron chi connectivity index (χ2n) is 12.3. The van der Waals surface area contributed by atoms with Crippen molar-refractivity contribution in [2.75, 3.05) is 0 Å². The Labute approximate surface area is 287 Å². The fourth-order valence-corrected chi connectivity index (χ4v) is 9.06. The van der Waals surface area contributed by atoms with Gasteiger partial charge in [-0.2, -0.15) is 11.3 Å². The summed E-state index contributed by atoms with van der Waals surface area (Å²) in [5.74, 6) is 0. The molecule has 45 heavy (non-hydrogen) atoms. The second kappa shape index (κ2) is 12.7. The number of nitrogens with zero attached hydrogens (tertiary/aromatic N) is 2. The first-order chi connectivity index (χ1) is 21.2. The standard InChI is InChI=1S/C25H16NS2.C14H16NSi.Ir/c1-14-7-9-17-20-13-26-21(12-24(20)27-22(17)10-14)19-5-3-4-18-16-8-6-15(2)11-23(16)28-25(18)19;1-16(2,3)13-9-10-14(15-11-13)12-7-5-4-6-8-12;/h3-4,6-13H,1-2H3;4-7,9-11H,1-3H3;/q2*-1;. The number of aryl methyl sites for hydroxylation is 2. The van der Waals surface area contributed by atoms with Crippen LogP contribution in [0.1, 0.15) is 11.1 Å². The summed E-state index contributed by atoms with van der Waals surface area (Å²) in [6.45, 7) is 11.3. The molecular formula is C39H32IrN2S2Si-2. The van der Waals surface area contributed by atoms with Crippen molar-refractivity contribution in [3.63, 3.8) is 0 Å². The molecule has 0 fully saturated rings. The molecule has 2 nitrogen and oxygen atoms in total. The van der Waals surface area contributed by atoms with E-state index in [9.17, 15) is 0 Å². The second-order valence-corrected chi connectivity index (χ2v) is 19.5. The van der Waals surface area contributed by atoms with Gasteiger partial charge in [0.2, 0.25) is 0 Å². The van der Waals surface area contributed by atoms with Crippen LogP contribution in [0.15, 0.2) is 103 Å². The Morgan fingerprint density at radius 3 is 1.96 bits per heavy atom. The maximum absolute atomic E-state index is 4.84. The minimum absolute atomic E-state index is 0. The molecule has 4 aromatic carbocycles. The van der Waals surface area contributed by atoms with E-state index in [1.54, 1.807) is 0 Å². The smallest absolute Gasteiger partial charge is 0.0795 e. The average molecular weight is 813 g/mol. The molecule has 4 heterocycles. The minimum atomic E-state index is -1.23. The van der Waals surface area contributed by atoms with Gasteiger partial charge in [0.05, 0.1) is 8.07 Å². The Bertz CT molecular complexity index is 2280.